The van der Waals surface area contributed by atoms with Crippen molar-refractivity contribution in [3.05, 3.63) is 77.1 Å². The van der Waals surface area contributed by atoms with E-state index in [1.165, 1.54) is 12.4 Å². The highest BCUT2D eigenvalue weighted by atomic mass is 19.4. The molecule has 2 aromatic heterocycles. The fourth-order valence-corrected chi connectivity index (χ4v) is 3.53. The van der Waals surface area contributed by atoms with Gasteiger partial charge in [-0.2, -0.15) is 17.6 Å². The van der Waals surface area contributed by atoms with Crippen molar-refractivity contribution in [1.29, 1.82) is 0 Å². The molecule has 1 saturated carbocycles. The molecule has 1 aliphatic rings. The number of nitrogens with two attached hydrogens (primary N) is 1. The molecule has 7 nitrogen and oxygen atoms in total. The number of anilines is 2. The van der Waals surface area contributed by atoms with Gasteiger partial charge in [0.05, 0.1) is 6.42 Å². The maximum Gasteiger partial charge on any atom is 0.433 e. The smallest absolute Gasteiger partial charge is 0.369 e. The molecule has 3 aromatic rings. The van der Waals surface area contributed by atoms with Gasteiger partial charge in [-0.1, -0.05) is 24.3 Å². The Morgan fingerprint density at radius 3 is 2.41 bits per heavy atom. The molecule has 3 N–H and O–H groups in total. The molecule has 0 bridgehead atoms. The first kappa shape index (κ1) is 23.4. The van der Waals surface area contributed by atoms with Crippen LogP contribution in [0.4, 0.5) is 29.2 Å². The summed E-state index contributed by atoms with van der Waals surface area (Å²) in [6.45, 7) is 0.331. The van der Waals surface area contributed by atoms with E-state index in [4.69, 9.17) is 5.73 Å². The molecule has 0 unspecified atom stereocenters. The lowest BCUT2D eigenvalue weighted by molar-refractivity contribution is -0.141. The third-order valence-corrected chi connectivity index (χ3v) is 5.36. The Morgan fingerprint density at radius 2 is 1.76 bits per heavy atom. The quantitative estimate of drug-likeness (QED) is 0.458. The number of aromatic nitrogens is 3. The van der Waals surface area contributed by atoms with Crippen LogP contribution in [0.2, 0.25) is 0 Å². The molecule has 1 fully saturated rings. The highest BCUT2D eigenvalue weighted by Gasteiger charge is 2.35. The van der Waals surface area contributed by atoms with Gasteiger partial charge in [0, 0.05) is 25.3 Å². The summed E-state index contributed by atoms with van der Waals surface area (Å²) in [6, 6.07) is 9.55. The van der Waals surface area contributed by atoms with Crippen molar-refractivity contribution in [2.24, 2.45) is 5.73 Å². The second-order valence-electron chi connectivity index (χ2n) is 8.08. The standard InChI is InChI=1S/C23H22F4N6O/c24-20-21(30-11-15-3-1-14(2-4-15)10-19(28)34)31-13-32-22(20)33(17-5-6-17)12-16-7-8-29-18(9-16)23(25,26)27/h1-4,7-9,13,17H,5-6,10-12H2,(H2,28,34)(H,30,31,32). The Labute approximate surface area is 193 Å². The number of nitrogens with one attached hydrogen (secondary N) is 1. The zero-order valence-electron chi connectivity index (χ0n) is 18.0. The SMILES string of the molecule is NC(=O)Cc1ccc(CNc2ncnc(N(Cc3ccnc(C(F)(F)F)c3)C3CC3)c2F)cc1. The predicted molar refractivity (Wildman–Crippen MR) is 117 cm³/mol. The highest BCUT2D eigenvalue weighted by Crippen LogP contribution is 2.35. The van der Waals surface area contributed by atoms with E-state index in [2.05, 4.69) is 20.3 Å². The largest absolute Gasteiger partial charge is 0.433 e. The Bertz CT molecular complexity index is 1160. The normalized spacial score (nSPS) is 13.5. The minimum atomic E-state index is -4.56. The Hall–Kier alpha value is -3.76. The van der Waals surface area contributed by atoms with E-state index >= 15 is 4.39 Å². The average molecular weight is 474 g/mol. The van der Waals surface area contributed by atoms with Gasteiger partial charge in [0.2, 0.25) is 11.7 Å². The molecule has 0 atom stereocenters. The molecular formula is C23H22F4N6O. The summed E-state index contributed by atoms with van der Waals surface area (Å²) in [5.41, 5.74) is 6.17. The maximum absolute atomic E-state index is 15.3. The summed E-state index contributed by atoms with van der Waals surface area (Å²) in [5.74, 6) is -1.09. The second-order valence-corrected chi connectivity index (χ2v) is 8.08. The van der Waals surface area contributed by atoms with Gasteiger partial charge >= 0.3 is 6.18 Å². The first-order chi connectivity index (χ1) is 16.2. The van der Waals surface area contributed by atoms with Gasteiger partial charge in [-0.05, 0) is 41.7 Å². The number of hydrogen-bond acceptors (Lipinski definition) is 6. The van der Waals surface area contributed by atoms with Crippen molar-refractivity contribution in [1.82, 2.24) is 15.0 Å². The second kappa shape index (κ2) is 9.62. The van der Waals surface area contributed by atoms with Crippen LogP contribution in [0.5, 0.6) is 0 Å². The minimum Gasteiger partial charge on any atom is -0.369 e. The van der Waals surface area contributed by atoms with Crippen LogP contribution in [0, 0.1) is 5.82 Å². The van der Waals surface area contributed by atoms with Crippen LogP contribution in [0.15, 0.2) is 48.9 Å². The number of rotatable bonds is 9. The number of nitrogens with zero attached hydrogens (tertiary/aromatic N) is 4. The lowest BCUT2D eigenvalue weighted by Gasteiger charge is -2.25. The van der Waals surface area contributed by atoms with Crippen LogP contribution in [-0.4, -0.2) is 26.9 Å². The molecule has 1 amide bonds. The van der Waals surface area contributed by atoms with Crippen LogP contribution in [-0.2, 0) is 30.5 Å². The van der Waals surface area contributed by atoms with Gasteiger partial charge in [0.15, 0.2) is 11.6 Å². The predicted octanol–water partition coefficient (Wildman–Crippen LogP) is 3.84. The van der Waals surface area contributed by atoms with Crippen LogP contribution >= 0.6 is 0 Å². The fourth-order valence-electron chi connectivity index (χ4n) is 3.53. The van der Waals surface area contributed by atoms with E-state index in [-0.39, 0.29) is 37.2 Å². The third-order valence-electron chi connectivity index (χ3n) is 5.36. The number of primary amides is 1. The Morgan fingerprint density at radius 1 is 1.06 bits per heavy atom. The highest BCUT2D eigenvalue weighted by molar-refractivity contribution is 5.76. The average Bonchev–Trinajstić information content (AvgIpc) is 3.63. The number of amides is 1. The zero-order valence-corrected chi connectivity index (χ0v) is 18.0. The first-order valence-electron chi connectivity index (χ1n) is 10.6. The van der Waals surface area contributed by atoms with Crippen LogP contribution in [0.3, 0.4) is 0 Å². The topological polar surface area (TPSA) is 97.0 Å². The molecule has 178 valence electrons. The molecule has 1 aromatic carbocycles. The number of carbonyl (C=O) groups is 1. The van der Waals surface area contributed by atoms with Gasteiger partial charge in [0.25, 0.3) is 0 Å². The van der Waals surface area contributed by atoms with E-state index in [1.54, 1.807) is 29.2 Å². The molecule has 0 aliphatic heterocycles. The Balaban J connectivity index is 1.50. The molecule has 1 aliphatic carbocycles. The third kappa shape index (κ3) is 5.77. The molecule has 11 heteroatoms. The van der Waals surface area contributed by atoms with Crippen LogP contribution in [0.1, 0.15) is 35.2 Å². The zero-order chi connectivity index (χ0) is 24.3. The molecule has 0 radical (unpaired) electrons. The number of carbonyl (C=O) groups excluding carboxylic acids is 1. The molecule has 0 saturated heterocycles. The maximum atomic E-state index is 15.3. The summed E-state index contributed by atoms with van der Waals surface area (Å²) >= 11 is 0. The van der Waals surface area contributed by atoms with Gasteiger partial charge in [-0.15, -0.1) is 0 Å². The van der Waals surface area contributed by atoms with E-state index in [0.717, 1.165) is 36.2 Å². The van der Waals surface area contributed by atoms with Crippen molar-refractivity contribution < 1.29 is 22.4 Å². The number of benzene rings is 1. The van der Waals surface area contributed by atoms with Crippen molar-refractivity contribution in [2.75, 3.05) is 10.2 Å². The first-order valence-corrected chi connectivity index (χ1v) is 10.6. The summed E-state index contributed by atoms with van der Waals surface area (Å²) in [5, 5.41) is 2.93. The van der Waals surface area contributed by atoms with E-state index in [1.807, 2.05) is 0 Å². The van der Waals surface area contributed by atoms with Gasteiger partial charge in [-0.25, -0.2) is 9.97 Å². The Kier molecular flexibility index (Phi) is 6.62. The number of hydrogen-bond donors (Lipinski definition) is 2. The van der Waals surface area contributed by atoms with Crippen LogP contribution < -0.4 is 16.0 Å². The van der Waals surface area contributed by atoms with Crippen molar-refractivity contribution in [3.8, 4) is 0 Å². The van der Waals surface area contributed by atoms with E-state index in [9.17, 15) is 18.0 Å². The molecule has 4 rings (SSSR count). The summed E-state index contributed by atoms with van der Waals surface area (Å²) in [4.78, 5) is 24.1. The number of alkyl halides is 3. The van der Waals surface area contributed by atoms with Gasteiger partial charge < -0.3 is 16.0 Å². The number of halogens is 4. The fraction of sp³-hybridized carbons (Fsp3) is 0.304. The summed E-state index contributed by atoms with van der Waals surface area (Å²) in [7, 11) is 0. The lowest BCUT2D eigenvalue weighted by atomic mass is 10.1. The van der Waals surface area contributed by atoms with Crippen molar-refractivity contribution in [2.45, 2.75) is 44.6 Å². The molecular weight excluding hydrogens is 452 g/mol. The number of pyridine rings is 1. The molecule has 0 spiro atoms. The molecule has 34 heavy (non-hydrogen) atoms. The monoisotopic (exact) mass is 474 g/mol. The molecule has 2 heterocycles. The summed E-state index contributed by atoms with van der Waals surface area (Å²) in [6.07, 6.45) is -0.518. The van der Waals surface area contributed by atoms with Crippen molar-refractivity contribution >= 4 is 17.5 Å². The van der Waals surface area contributed by atoms with E-state index in [0.29, 0.717) is 5.56 Å². The minimum absolute atomic E-state index is 0.0115. The lowest BCUT2D eigenvalue weighted by Crippen LogP contribution is -2.28. The van der Waals surface area contributed by atoms with Crippen LogP contribution in [0.25, 0.3) is 0 Å². The van der Waals surface area contributed by atoms with E-state index < -0.39 is 23.6 Å². The van der Waals surface area contributed by atoms with Gasteiger partial charge in [-0.3, -0.25) is 9.78 Å². The van der Waals surface area contributed by atoms with Gasteiger partial charge in [0.1, 0.15) is 12.0 Å². The van der Waals surface area contributed by atoms with Crippen molar-refractivity contribution in [3.63, 3.8) is 0 Å². The summed E-state index contributed by atoms with van der Waals surface area (Å²) < 4.78 is 54.4.